The number of hydrogen-bond donors (Lipinski definition) is 3. The summed E-state index contributed by atoms with van der Waals surface area (Å²) in [6.45, 7) is 8.69. The molecule has 198 valence electrons. The topological polar surface area (TPSA) is 109 Å². The first kappa shape index (κ1) is 26.6. The van der Waals surface area contributed by atoms with Crippen molar-refractivity contribution in [3.8, 4) is 5.75 Å². The van der Waals surface area contributed by atoms with Crippen LogP contribution in [0.2, 0.25) is 0 Å². The van der Waals surface area contributed by atoms with Gasteiger partial charge in [0.15, 0.2) is 5.75 Å². The molecule has 1 aromatic carbocycles. The minimum Gasteiger partial charge on any atom is -0.433 e. The van der Waals surface area contributed by atoms with Gasteiger partial charge in [-0.2, -0.15) is 13.8 Å². The number of nitrogens with two attached hydrogens (primary N) is 1. The highest BCUT2D eigenvalue weighted by molar-refractivity contribution is 7.12. The van der Waals surface area contributed by atoms with Crippen LogP contribution in [0.1, 0.15) is 36.0 Å². The molecule has 0 saturated carbocycles. The Bertz CT molecular complexity index is 1250. The monoisotopic (exact) mass is 531 g/mol. The first-order valence-corrected chi connectivity index (χ1v) is 12.7. The van der Waals surface area contributed by atoms with Gasteiger partial charge >= 0.3 is 6.61 Å². The Morgan fingerprint density at radius 3 is 2.51 bits per heavy atom. The third kappa shape index (κ3) is 6.44. The van der Waals surface area contributed by atoms with Gasteiger partial charge in [0, 0.05) is 55.2 Å². The number of primary amides is 1. The van der Waals surface area contributed by atoms with E-state index in [1.807, 2.05) is 13.0 Å². The Balaban J connectivity index is 1.55. The van der Waals surface area contributed by atoms with Gasteiger partial charge in [-0.3, -0.25) is 9.69 Å². The Labute approximate surface area is 218 Å². The van der Waals surface area contributed by atoms with Crippen LogP contribution >= 0.6 is 11.3 Å². The second-order valence-electron chi connectivity index (χ2n) is 9.71. The number of piperazine rings is 1. The minimum atomic E-state index is -2.99. The number of carbonyl (C=O) groups excluding carboxylic acids is 1. The van der Waals surface area contributed by atoms with E-state index in [2.05, 4.69) is 51.2 Å². The van der Waals surface area contributed by atoms with Crippen molar-refractivity contribution in [1.82, 2.24) is 14.9 Å². The summed E-state index contributed by atoms with van der Waals surface area (Å²) in [5.41, 5.74) is 7.88. The zero-order valence-electron chi connectivity index (χ0n) is 21.2. The van der Waals surface area contributed by atoms with E-state index in [4.69, 9.17) is 10.5 Å². The molecule has 0 aliphatic carbocycles. The number of hydrogen-bond acceptors (Lipinski definition) is 9. The number of alkyl halides is 2. The number of aromatic nitrogens is 2. The lowest BCUT2D eigenvalue weighted by Gasteiger charge is -2.43. The summed E-state index contributed by atoms with van der Waals surface area (Å²) in [6, 6.07) is 6.89. The lowest BCUT2D eigenvalue weighted by atomic mass is 10.0. The van der Waals surface area contributed by atoms with Crippen molar-refractivity contribution < 1.29 is 18.3 Å². The molecule has 3 heterocycles. The van der Waals surface area contributed by atoms with Gasteiger partial charge in [0.25, 0.3) is 5.91 Å². The molecule has 1 fully saturated rings. The number of carbonyl (C=O) groups is 1. The molecule has 4 N–H and O–H groups in total. The van der Waals surface area contributed by atoms with Gasteiger partial charge in [0.05, 0.1) is 11.4 Å². The molecule has 4 rings (SSSR count). The number of benzene rings is 1. The van der Waals surface area contributed by atoms with Gasteiger partial charge in [0.1, 0.15) is 10.7 Å². The summed E-state index contributed by atoms with van der Waals surface area (Å²) < 4.78 is 31.4. The van der Waals surface area contributed by atoms with Crippen LogP contribution in [0.15, 0.2) is 35.8 Å². The average molecular weight is 532 g/mol. The third-order valence-electron chi connectivity index (χ3n) is 6.14. The highest BCUT2D eigenvalue weighted by atomic mass is 32.1. The number of ether oxygens (including phenoxy) is 1. The van der Waals surface area contributed by atoms with Crippen LogP contribution in [0.25, 0.3) is 0 Å². The van der Waals surface area contributed by atoms with Crippen LogP contribution in [0, 0.1) is 6.92 Å². The predicted molar refractivity (Wildman–Crippen MR) is 143 cm³/mol. The quantitative estimate of drug-likeness (QED) is 0.375. The first-order chi connectivity index (χ1) is 17.5. The van der Waals surface area contributed by atoms with Crippen LogP contribution in [0.4, 0.5) is 37.6 Å². The third-order valence-corrected chi connectivity index (χ3v) is 7.06. The van der Waals surface area contributed by atoms with Gasteiger partial charge in [0.2, 0.25) is 5.95 Å². The Hall–Kier alpha value is -3.51. The largest absolute Gasteiger partial charge is 0.433 e. The number of aryl methyl sites for hydroxylation is 1. The molecule has 12 heteroatoms. The SMILES string of the molecule is Cc1cnc(Nc2ccc(N3CCN(C(C)(C)C)CC3)cc2OC(F)F)nc1Nc1ccsc1C(N)=O. The van der Waals surface area contributed by atoms with Gasteiger partial charge in [-0.1, -0.05) is 0 Å². The van der Waals surface area contributed by atoms with Crippen LogP contribution in [0.3, 0.4) is 0 Å². The average Bonchev–Trinajstić information content (AvgIpc) is 3.30. The molecule has 0 atom stereocenters. The number of thiophene rings is 1. The van der Waals surface area contributed by atoms with E-state index in [-0.39, 0.29) is 17.2 Å². The highest BCUT2D eigenvalue weighted by Crippen LogP contribution is 2.34. The van der Waals surface area contributed by atoms with E-state index in [0.29, 0.717) is 22.1 Å². The Morgan fingerprint density at radius 2 is 1.86 bits per heavy atom. The summed E-state index contributed by atoms with van der Waals surface area (Å²) in [5.74, 6) is 0.0761. The van der Waals surface area contributed by atoms with Crippen molar-refractivity contribution in [1.29, 1.82) is 0 Å². The zero-order valence-corrected chi connectivity index (χ0v) is 22.0. The van der Waals surface area contributed by atoms with E-state index in [9.17, 15) is 13.6 Å². The molecule has 1 saturated heterocycles. The number of nitrogens with one attached hydrogen (secondary N) is 2. The number of anilines is 5. The maximum atomic E-state index is 13.3. The summed E-state index contributed by atoms with van der Waals surface area (Å²) in [4.78, 5) is 25.3. The molecule has 0 spiro atoms. The number of rotatable bonds is 8. The lowest BCUT2D eigenvalue weighted by Crippen LogP contribution is -2.53. The van der Waals surface area contributed by atoms with Crippen molar-refractivity contribution in [2.45, 2.75) is 39.8 Å². The smallest absolute Gasteiger partial charge is 0.387 e. The molecule has 37 heavy (non-hydrogen) atoms. The zero-order chi connectivity index (χ0) is 26.7. The van der Waals surface area contributed by atoms with Crippen molar-refractivity contribution in [2.75, 3.05) is 41.7 Å². The molecule has 3 aromatic rings. The van der Waals surface area contributed by atoms with E-state index in [0.717, 1.165) is 37.4 Å². The van der Waals surface area contributed by atoms with E-state index >= 15 is 0 Å². The summed E-state index contributed by atoms with van der Waals surface area (Å²) >= 11 is 1.22. The Kier molecular flexibility index (Phi) is 7.79. The molecular weight excluding hydrogens is 500 g/mol. The first-order valence-electron chi connectivity index (χ1n) is 11.8. The molecular formula is C25H31F2N7O2S. The second-order valence-corrected chi connectivity index (χ2v) is 10.6. The lowest BCUT2D eigenvalue weighted by molar-refractivity contribution is -0.0493. The van der Waals surface area contributed by atoms with Crippen molar-refractivity contribution in [2.24, 2.45) is 5.73 Å². The van der Waals surface area contributed by atoms with Gasteiger partial charge in [-0.15, -0.1) is 11.3 Å². The van der Waals surface area contributed by atoms with Crippen molar-refractivity contribution in [3.05, 3.63) is 46.3 Å². The van der Waals surface area contributed by atoms with Crippen LogP contribution in [-0.4, -0.2) is 59.1 Å². The molecule has 0 bridgehead atoms. The normalized spacial score (nSPS) is 14.6. The van der Waals surface area contributed by atoms with E-state index in [1.165, 1.54) is 11.3 Å². The fourth-order valence-electron chi connectivity index (χ4n) is 4.12. The Morgan fingerprint density at radius 1 is 1.14 bits per heavy atom. The number of halogens is 2. The molecule has 1 aliphatic heterocycles. The summed E-state index contributed by atoms with van der Waals surface area (Å²) in [7, 11) is 0. The van der Waals surface area contributed by atoms with E-state index < -0.39 is 12.5 Å². The predicted octanol–water partition coefficient (Wildman–Crippen LogP) is 4.95. The highest BCUT2D eigenvalue weighted by Gasteiger charge is 2.26. The molecule has 2 aromatic heterocycles. The van der Waals surface area contributed by atoms with Crippen LogP contribution in [0.5, 0.6) is 5.75 Å². The minimum absolute atomic E-state index is 0.00159. The summed E-state index contributed by atoms with van der Waals surface area (Å²) in [5, 5.41) is 7.83. The molecule has 9 nitrogen and oxygen atoms in total. The van der Waals surface area contributed by atoms with Gasteiger partial charge < -0.3 is 26.0 Å². The second kappa shape index (κ2) is 10.9. The standard InChI is InChI=1S/C25H31F2N7O2S/c1-15-14-29-24(32-22(15)30-18-7-12-37-20(18)21(28)35)31-17-6-5-16(13-19(17)36-23(26)27)33-8-10-34(11-9-33)25(2,3)4/h5-7,12-14,23H,8-11H2,1-4H3,(H2,28,35)(H2,29,30,31,32). The summed E-state index contributed by atoms with van der Waals surface area (Å²) in [6.07, 6.45) is 1.59. The molecule has 1 aliphatic rings. The number of nitrogens with zero attached hydrogens (tertiary/aromatic N) is 4. The molecule has 1 amide bonds. The van der Waals surface area contributed by atoms with Crippen LogP contribution < -0.4 is 26.0 Å². The van der Waals surface area contributed by atoms with Gasteiger partial charge in [-0.25, -0.2) is 4.98 Å². The van der Waals surface area contributed by atoms with Crippen molar-refractivity contribution >= 4 is 46.1 Å². The molecule has 0 unspecified atom stereocenters. The van der Waals surface area contributed by atoms with E-state index in [1.54, 1.807) is 29.8 Å². The maximum Gasteiger partial charge on any atom is 0.387 e. The van der Waals surface area contributed by atoms with Crippen molar-refractivity contribution in [3.63, 3.8) is 0 Å². The van der Waals surface area contributed by atoms with Gasteiger partial charge in [-0.05, 0) is 51.3 Å². The molecule has 0 radical (unpaired) electrons. The fraction of sp³-hybridized carbons (Fsp3) is 0.400. The number of amides is 1. The fourth-order valence-corrected chi connectivity index (χ4v) is 4.82. The van der Waals surface area contributed by atoms with Crippen LogP contribution in [-0.2, 0) is 0 Å². The maximum absolute atomic E-state index is 13.3.